The Morgan fingerprint density at radius 1 is 0.974 bits per heavy atom. The van der Waals surface area contributed by atoms with Gasteiger partial charge in [-0.15, -0.1) is 10.2 Å². The molecule has 1 aliphatic rings. The number of sulfonamides is 1. The van der Waals surface area contributed by atoms with Crippen LogP contribution < -0.4 is 9.64 Å². The van der Waals surface area contributed by atoms with E-state index in [2.05, 4.69) is 27.2 Å². The highest BCUT2D eigenvalue weighted by Crippen LogP contribution is 2.23. The van der Waals surface area contributed by atoms with Crippen LogP contribution in [0.25, 0.3) is 11.3 Å². The number of rotatable bonds is 9. The molecule has 4 rings (SSSR count). The maximum atomic E-state index is 13.5. The first-order chi connectivity index (χ1) is 18.7. The van der Waals surface area contributed by atoms with E-state index in [1.807, 2.05) is 45.0 Å². The average Bonchev–Trinajstić information content (AvgIpc) is 3.22. The third-order valence-electron chi connectivity index (χ3n) is 7.21. The van der Waals surface area contributed by atoms with Crippen LogP contribution in [0.5, 0.6) is 5.75 Å². The molecular weight excluding hydrogens is 514 g/mol. The number of methoxy groups -OCH3 is 1. The van der Waals surface area contributed by atoms with Gasteiger partial charge in [-0.25, -0.2) is 8.42 Å². The quantitative estimate of drug-likeness (QED) is 0.397. The third kappa shape index (κ3) is 6.75. The molecule has 0 unspecified atom stereocenters. The summed E-state index contributed by atoms with van der Waals surface area (Å²) in [4.78, 5) is 17.4. The number of ether oxygens (including phenoxy) is 1. The molecule has 1 aromatic heterocycles. The maximum Gasteiger partial charge on any atom is 0.243 e. The second-order valence-electron chi connectivity index (χ2n) is 9.85. The fourth-order valence-corrected chi connectivity index (χ4v) is 6.22. The molecule has 0 radical (unpaired) electrons. The molecule has 2 aromatic carbocycles. The van der Waals surface area contributed by atoms with E-state index in [4.69, 9.17) is 4.74 Å². The minimum absolute atomic E-state index is 0.145. The number of amides is 1. The van der Waals surface area contributed by atoms with Crippen molar-refractivity contribution < 1.29 is 17.9 Å². The largest absolute Gasteiger partial charge is 0.497 e. The van der Waals surface area contributed by atoms with Crippen LogP contribution in [0.15, 0.2) is 65.6 Å². The van der Waals surface area contributed by atoms with Gasteiger partial charge < -0.3 is 14.5 Å². The molecule has 2 heterocycles. The summed E-state index contributed by atoms with van der Waals surface area (Å²) in [6, 6.07) is 18.0. The molecule has 1 saturated heterocycles. The van der Waals surface area contributed by atoms with E-state index in [1.54, 1.807) is 17.0 Å². The molecule has 0 aliphatic carbocycles. The second-order valence-corrected chi connectivity index (χ2v) is 11.7. The van der Waals surface area contributed by atoms with Gasteiger partial charge in [0.1, 0.15) is 5.75 Å². The van der Waals surface area contributed by atoms with Gasteiger partial charge in [0, 0.05) is 37.8 Å². The topological polar surface area (TPSA) is 95.9 Å². The Morgan fingerprint density at radius 2 is 1.69 bits per heavy atom. The normalized spacial score (nSPS) is 15.2. The summed E-state index contributed by atoms with van der Waals surface area (Å²) < 4.78 is 33.5. The van der Waals surface area contributed by atoms with Crippen LogP contribution in [-0.4, -0.2) is 79.6 Å². The molecule has 1 aliphatic heterocycles. The monoisotopic (exact) mass is 551 g/mol. The number of anilines is 1. The van der Waals surface area contributed by atoms with E-state index in [0.717, 1.165) is 30.0 Å². The molecule has 39 heavy (non-hydrogen) atoms. The SMILES string of the molecule is CC[C@H](C)N(CC(=O)N1CCCN(c2ccc(-c3ccc(C)cc3)nn2)CC1)S(=O)(=O)c1ccc(OC)cc1. The van der Waals surface area contributed by atoms with Gasteiger partial charge in [0.25, 0.3) is 0 Å². The van der Waals surface area contributed by atoms with E-state index in [1.165, 1.54) is 29.1 Å². The number of aryl methyl sites for hydroxylation is 1. The smallest absolute Gasteiger partial charge is 0.243 e. The van der Waals surface area contributed by atoms with E-state index in [-0.39, 0.29) is 23.4 Å². The Balaban J connectivity index is 1.42. The standard InChI is InChI=1S/C29H37N5O4S/c1-5-23(3)34(39(36,37)26-13-11-25(38-4)12-14-26)21-29(35)33-18-6-17-32(19-20-33)28-16-15-27(30-31-28)24-9-7-22(2)8-10-24/h7-16,23H,5-6,17-21H2,1-4H3/t23-/m0/s1. The molecule has 1 atom stereocenters. The number of hydrogen-bond acceptors (Lipinski definition) is 7. The van der Waals surface area contributed by atoms with Crippen molar-refractivity contribution in [1.82, 2.24) is 19.4 Å². The van der Waals surface area contributed by atoms with Gasteiger partial charge in [0.2, 0.25) is 15.9 Å². The summed E-state index contributed by atoms with van der Waals surface area (Å²) in [7, 11) is -2.33. The van der Waals surface area contributed by atoms with Crippen LogP contribution in [0.3, 0.4) is 0 Å². The minimum atomic E-state index is -3.86. The molecule has 10 heteroatoms. The molecule has 0 bridgehead atoms. The Kier molecular flexibility index (Phi) is 9.19. The lowest BCUT2D eigenvalue weighted by molar-refractivity contribution is -0.131. The van der Waals surface area contributed by atoms with E-state index in [0.29, 0.717) is 31.8 Å². The Morgan fingerprint density at radius 3 is 2.31 bits per heavy atom. The Labute approximate surface area is 231 Å². The van der Waals surface area contributed by atoms with Crippen molar-refractivity contribution in [3.63, 3.8) is 0 Å². The summed E-state index contributed by atoms with van der Waals surface area (Å²) in [5.41, 5.74) is 3.02. The number of hydrogen-bond donors (Lipinski definition) is 0. The molecule has 208 valence electrons. The van der Waals surface area contributed by atoms with Gasteiger partial charge in [-0.3, -0.25) is 4.79 Å². The lowest BCUT2D eigenvalue weighted by Gasteiger charge is -2.30. The van der Waals surface area contributed by atoms with Crippen molar-refractivity contribution in [2.24, 2.45) is 0 Å². The Hall–Kier alpha value is -3.50. The van der Waals surface area contributed by atoms with Gasteiger partial charge in [-0.2, -0.15) is 4.31 Å². The molecule has 0 N–H and O–H groups in total. The van der Waals surface area contributed by atoms with Crippen molar-refractivity contribution in [1.29, 1.82) is 0 Å². The van der Waals surface area contributed by atoms with Crippen LogP contribution in [-0.2, 0) is 14.8 Å². The van der Waals surface area contributed by atoms with Crippen LogP contribution >= 0.6 is 0 Å². The number of carbonyl (C=O) groups excluding carboxylic acids is 1. The predicted molar refractivity (Wildman–Crippen MR) is 152 cm³/mol. The van der Waals surface area contributed by atoms with Crippen LogP contribution in [0.2, 0.25) is 0 Å². The van der Waals surface area contributed by atoms with Crippen molar-refractivity contribution in [2.75, 3.05) is 44.7 Å². The molecule has 1 fully saturated rings. The summed E-state index contributed by atoms with van der Waals surface area (Å²) in [6.45, 7) is 7.97. The van der Waals surface area contributed by atoms with E-state index < -0.39 is 10.0 Å². The average molecular weight is 552 g/mol. The lowest BCUT2D eigenvalue weighted by atomic mass is 10.1. The first-order valence-electron chi connectivity index (χ1n) is 13.3. The fourth-order valence-electron chi connectivity index (χ4n) is 4.57. The third-order valence-corrected chi connectivity index (χ3v) is 9.18. The lowest BCUT2D eigenvalue weighted by Crippen LogP contribution is -2.47. The van der Waals surface area contributed by atoms with E-state index >= 15 is 0 Å². The molecule has 0 spiro atoms. The molecule has 0 saturated carbocycles. The fraction of sp³-hybridized carbons (Fsp3) is 0.414. The van der Waals surface area contributed by atoms with Gasteiger partial charge in [-0.05, 0) is 63.1 Å². The van der Waals surface area contributed by atoms with Crippen LogP contribution in [0.1, 0.15) is 32.3 Å². The first-order valence-corrected chi connectivity index (χ1v) is 14.8. The number of benzene rings is 2. The minimum Gasteiger partial charge on any atom is -0.497 e. The highest BCUT2D eigenvalue weighted by atomic mass is 32.2. The van der Waals surface area contributed by atoms with Crippen molar-refractivity contribution in [3.05, 3.63) is 66.2 Å². The number of nitrogens with zero attached hydrogens (tertiary/aromatic N) is 5. The summed E-state index contributed by atoms with van der Waals surface area (Å²) in [5.74, 6) is 1.14. The summed E-state index contributed by atoms with van der Waals surface area (Å²) in [5, 5.41) is 8.87. The first kappa shape index (κ1) is 28.5. The Bertz CT molecular complexity index is 1350. The highest BCUT2D eigenvalue weighted by molar-refractivity contribution is 7.89. The molecular formula is C29H37N5O4S. The van der Waals surface area contributed by atoms with Gasteiger partial charge in [0.15, 0.2) is 5.82 Å². The molecule has 9 nitrogen and oxygen atoms in total. The maximum absolute atomic E-state index is 13.5. The predicted octanol–water partition coefficient (Wildman–Crippen LogP) is 3.99. The zero-order valence-corrected chi connectivity index (χ0v) is 23.9. The van der Waals surface area contributed by atoms with Crippen LogP contribution in [0.4, 0.5) is 5.82 Å². The van der Waals surface area contributed by atoms with Gasteiger partial charge in [0.05, 0.1) is 24.2 Å². The zero-order chi connectivity index (χ0) is 28.0. The summed E-state index contributed by atoms with van der Waals surface area (Å²) in [6.07, 6.45) is 1.34. The molecule has 1 amide bonds. The number of carbonyl (C=O) groups is 1. The van der Waals surface area contributed by atoms with Crippen molar-refractivity contribution >= 4 is 21.7 Å². The van der Waals surface area contributed by atoms with Crippen molar-refractivity contribution in [3.8, 4) is 17.0 Å². The second kappa shape index (κ2) is 12.6. The summed E-state index contributed by atoms with van der Waals surface area (Å²) >= 11 is 0. The van der Waals surface area contributed by atoms with Crippen molar-refractivity contribution in [2.45, 2.75) is 44.6 Å². The van der Waals surface area contributed by atoms with Gasteiger partial charge in [-0.1, -0.05) is 36.8 Å². The van der Waals surface area contributed by atoms with Crippen LogP contribution in [0, 0.1) is 6.92 Å². The van der Waals surface area contributed by atoms with Gasteiger partial charge >= 0.3 is 0 Å². The highest BCUT2D eigenvalue weighted by Gasteiger charge is 2.32. The van der Waals surface area contributed by atoms with E-state index in [9.17, 15) is 13.2 Å². The molecule has 3 aromatic rings. The number of aromatic nitrogens is 2. The zero-order valence-electron chi connectivity index (χ0n) is 23.1.